The average molecular weight is 279 g/mol. The van der Waals surface area contributed by atoms with Crippen LogP contribution in [0.3, 0.4) is 0 Å². The Morgan fingerprint density at radius 2 is 1.95 bits per heavy atom. The molecule has 1 aliphatic carbocycles. The highest BCUT2D eigenvalue weighted by atomic mass is 19.3. The Labute approximate surface area is 110 Å². The van der Waals surface area contributed by atoms with Crippen LogP contribution in [0.15, 0.2) is 0 Å². The first-order valence-corrected chi connectivity index (χ1v) is 6.09. The van der Waals surface area contributed by atoms with Crippen molar-refractivity contribution in [2.24, 2.45) is 5.92 Å². The lowest BCUT2D eigenvalue weighted by molar-refractivity contribution is -0.144. The molecule has 0 bridgehead atoms. The third-order valence-corrected chi connectivity index (χ3v) is 2.73. The minimum atomic E-state index is -2.69. The quantitative estimate of drug-likeness (QED) is 0.828. The van der Waals surface area contributed by atoms with Gasteiger partial charge in [0.25, 0.3) is 0 Å². The molecule has 1 atom stereocenters. The normalized spacial score (nSPS) is 20.3. The summed E-state index contributed by atoms with van der Waals surface area (Å²) in [6, 6.07) is -1.20. The minimum absolute atomic E-state index is 0.00976. The number of hydrogen-bond donors (Lipinski definition) is 2. The number of carbonyl (C=O) groups excluding carboxylic acids is 1. The SMILES string of the molecule is CC(C)(C)OC(=O)N[C@@H](CC1CC(F)(F)C1)C(=O)O. The average Bonchev–Trinajstić information content (AvgIpc) is 2.10. The lowest BCUT2D eigenvalue weighted by Crippen LogP contribution is -2.47. The van der Waals surface area contributed by atoms with Crippen molar-refractivity contribution in [1.29, 1.82) is 0 Å². The van der Waals surface area contributed by atoms with Gasteiger partial charge in [-0.25, -0.2) is 18.4 Å². The summed E-state index contributed by atoms with van der Waals surface area (Å²) in [7, 11) is 0. The number of alkyl halides is 2. The van der Waals surface area contributed by atoms with E-state index in [0.717, 1.165) is 0 Å². The minimum Gasteiger partial charge on any atom is -0.480 e. The van der Waals surface area contributed by atoms with Crippen LogP contribution in [0.5, 0.6) is 0 Å². The van der Waals surface area contributed by atoms with E-state index in [1.54, 1.807) is 20.8 Å². The van der Waals surface area contributed by atoms with Crippen LogP contribution in [0.2, 0.25) is 0 Å². The molecule has 0 radical (unpaired) electrons. The molecule has 1 rings (SSSR count). The zero-order valence-electron chi connectivity index (χ0n) is 11.2. The molecule has 7 heteroatoms. The maximum atomic E-state index is 12.7. The molecular formula is C12H19F2NO4. The molecule has 1 fully saturated rings. The van der Waals surface area contributed by atoms with Crippen LogP contribution < -0.4 is 5.32 Å². The van der Waals surface area contributed by atoms with E-state index in [-0.39, 0.29) is 25.2 Å². The van der Waals surface area contributed by atoms with E-state index < -0.39 is 29.6 Å². The van der Waals surface area contributed by atoms with Gasteiger partial charge in [-0.1, -0.05) is 0 Å². The van der Waals surface area contributed by atoms with Crippen LogP contribution in [-0.4, -0.2) is 34.7 Å². The van der Waals surface area contributed by atoms with Crippen molar-refractivity contribution >= 4 is 12.1 Å². The van der Waals surface area contributed by atoms with Crippen molar-refractivity contribution in [3.63, 3.8) is 0 Å². The monoisotopic (exact) mass is 279 g/mol. The summed E-state index contributed by atoms with van der Waals surface area (Å²) in [4.78, 5) is 22.4. The van der Waals surface area contributed by atoms with Crippen molar-refractivity contribution in [2.75, 3.05) is 0 Å². The smallest absolute Gasteiger partial charge is 0.408 e. The molecule has 0 heterocycles. The molecule has 0 saturated heterocycles. The highest BCUT2D eigenvalue weighted by molar-refractivity contribution is 5.80. The van der Waals surface area contributed by atoms with Gasteiger partial charge in [0.1, 0.15) is 11.6 Å². The maximum Gasteiger partial charge on any atom is 0.408 e. The van der Waals surface area contributed by atoms with E-state index in [9.17, 15) is 18.4 Å². The van der Waals surface area contributed by atoms with Gasteiger partial charge in [-0.2, -0.15) is 0 Å². The lowest BCUT2D eigenvalue weighted by atomic mass is 9.77. The summed E-state index contributed by atoms with van der Waals surface area (Å²) in [6.07, 6.45) is -1.52. The Bertz CT molecular complexity index is 357. The van der Waals surface area contributed by atoms with Crippen LogP contribution in [0.4, 0.5) is 13.6 Å². The van der Waals surface area contributed by atoms with Gasteiger partial charge < -0.3 is 15.2 Å². The number of ether oxygens (including phenoxy) is 1. The molecule has 1 saturated carbocycles. The van der Waals surface area contributed by atoms with E-state index in [2.05, 4.69) is 5.32 Å². The number of carbonyl (C=O) groups is 2. The molecule has 0 aliphatic heterocycles. The molecule has 110 valence electrons. The number of halogens is 2. The van der Waals surface area contributed by atoms with Crippen LogP contribution in [0.1, 0.15) is 40.0 Å². The molecule has 2 N–H and O–H groups in total. The number of carboxylic acids is 1. The topological polar surface area (TPSA) is 75.6 Å². The summed E-state index contributed by atoms with van der Waals surface area (Å²) in [5, 5.41) is 11.2. The van der Waals surface area contributed by atoms with Gasteiger partial charge in [-0.05, 0) is 33.1 Å². The Kier molecular flexibility index (Phi) is 4.37. The number of nitrogens with one attached hydrogen (secondary N) is 1. The fourth-order valence-corrected chi connectivity index (χ4v) is 1.96. The third-order valence-electron chi connectivity index (χ3n) is 2.73. The van der Waals surface area contributed by atoms with Crippen molar-refractivity contribution < 1.29 is 28.2 Å². The van der Waals surface area contributed by atoms with E-state index in [1.165, 1.54) is 0 Å². The van der Waals surface area contributed by atoms with Gasteiger partial charge in [-0.3, -0.25) is 0 Å². The van der Waals surface area contributed by atoms with Crippen molar-refractivity contribution in [3.05, 3.63) is 0 Å². The van der Waals surface area contributed by atoms with Gasteiger partial charge in [-0.15, -0.1) is 0 Å². The standard InChI is InChI=1S/C12H19F2NO4/c1-11(2,3)19-10(18)15-8(9(16)17)4-7-5-12(13,14)6-7/h7-8H,4-6H2,1-3H3,(H,15,18)(H,16,17)/t8-/m0/s1. The molecule has 0 aromatic heterocycles. The van der Waals surface area contributed by atoms with Crippen LogP contribution in [0, 0.1) is 5.92 Å². The molecule has 0 aromatic carbocycles. The second-order valence-corrected chi connectivity index (χ2v) is 5.90. The predicted octanol–water partition coefficient (Wildman–Crippen LogP) is 2.40. The first-order valence-electron chi connectivity index (χ1n) is 6.09. The van der Waals surface area contributed by atoms with E-state index in [0.29, 0.717) is 0 Å². The van der Waals surface area contributed by atoms with E-state index in [1.807, 2.05) is 0 Å². The summed E-state index contributed by atoms with van der Waals surface area (Å²) in [5.74, 6) is -4.33. The first-order chi connectivity index (χ1) is 8.48. The second-order valence-electron chi connectivity index (χ2n) is 5.90. The molecule has 19 heavy (non-hydrogen) atoms. The fraction of sp³-hybridized carbons (Fsp3) is 0.833. The number of alkyl carbamates (subject to hydrolysis) is 1. The summed E-state index contributed by atoms with van der Waals surface area (Å²) < 4.78 is 30.3. The van der Waals surface area contributed by atoms with Gasteiger partial charge in [0.05, 0.1) is 0 Å². The van der Waals surface area contributed by atoms with Crippen LogP contribution in [0.25, 0.3) is 0 Å². The van der Waals surface area contributed by atoms with Crippen molar-refractivity contribution in [1.82, 2.24) is 5.32 Å². The number of carboxylic acid groups (broad SMARTS) is 1. The number of aliphatic carboxylic acids is 1. The molecule has 1 aliphatic rings. The largest absolute Gasteiger partial charge is 0.480 e. The van der Waals surface area contributed by atoms with Crippen LogP contribution in [-0.2, 0) is 9.53 Å². The van der Waals surface area contributed by atoms with Gasteiger partial charge in [0.2, 0.25) is 5.92 Å². The van der Waals surface area contributed by atoms with E-state index in [4.69, 9.17) is 9.84 Å². The number of amides is 1. The molecule has 1 amide bonds. The number of rotatable bonds is 4. The highest BCUT2D eigenvalue weighted by Gasteiger charge is 2.46. The highest BCUT2D eigenvalue weighted by Crippen LogP contribution is 2.44. The van der Waals surface area contributed by atoms with Crippen molar-refractivity contribution in [2.45, 2.75) is 57.6 Å². The predicted molar refractivity (Wildman–Crippen MR) is 63.1 cm³/mol. The fourth-order valence-electron chi connectivity index (χ4n) is 1.96. The van der Waals surface area contributed by atoms with E-state index >= 15 is 0 Å². The molecule has 0 spiro atoms. The first kappa shape index (κ1) is 15.7. The Balaban J connectivity index is 2.46. The zero-order valence-corrected chi connectivity index (χ0v) is 11.2. The van der Waals surface area contributed by atoms with Gasteiger partial charge in [0.15, 0.2) is 0 Å². The summed E-state index contributed by atoms with van der Waals surface area (Å²) in [6.45, 7) is 4.94. The molecule has 0 unspecified atom stereocenters. The maximum absolute atomic E-state index is 12.7. The van der Waals surface area contributed by atoms with Crippen molar-refractivity contribution in [3.8, 4) is 0 Å². The summed E-state index contributed by atoms with van der Waals surface area (Å²) in [5.41, 5.74) is -0.739. The second kappa shape index (κ2) is 5.30. The lowest BCUT2D eigenvalue weighted by Gasteiger charge is -2.36. The Morgan fingerprint density at radius 3 is 2.32 bits per heavy atom. The Hall–Kier alpha value is -1.40. The molecule has 5 nitrogen and oxygen atoms in total. The third kappa shape index (κ3) is 5.40. The van der Waals surface area contributed by atoms with Crippen LogP contribution >= 0.6 is 0 Å². The molecule has 0 aromatic rings. The Morgan fingerprint density at radius 1 is 1.42 bits per heavy atom. The zero-order chi connectivity index (χ0) is 14.8. The van der Waals surface area contributed by atoms with Gasteiger partial charge >= 0.3 is 12.1 Å². The summed E-state index contributed by atoms with van der Waals surface area (Å²) >= 11 is 0. The number of hydrogen-bond acceptors (Lipinski definition) is 3. The molecular weight excluding hydrogens is 260 g/mol. The van der Waals surface area contributed by atoms with Gasteiger partial charge in [0, 0.05) is 12.8 Å².